The number of carboxylic acids is 1. The molecular weight excluding hydrogens is 527 g/mol. The molecule has 5 heterocycles. The van der Waals surface area contributed by atoms with E-state index in [0.29, 0.717) is 23.2 Å². The number of phenols is 1. The number of benzene rings is 1. The lowest BCUT2D eigenvalue weighted by molar-refractivity contribution is -0.192. The molecule has 4 aromatic rings. The van der Waals surface area contributed by atoms with E-state index >= 15 is 0 Å². The van der Waals surface area contributed by atoms with Gasteiger partial charge in [0.05, 0.1) is 22.6 Å². The SMILES string of the molecule is Cc1cc2cc(-c3ccc(-c4ccc(C5CN(C6CCOCC6)C5)nn4)c(O)c3)ccn2n1.O=C(O)C(F)(F)F. The molecule has 0 bridgehead atoms. The quantitative estimate of drug-likeness (QED) is 0.373. The number of aliphatic carboxylic acids is 1. The molecule has 1 aromatic carbocycles. The molecule has 0 amide bonds. The number of fused-ring (bicyclic) bond motifs is 1. The van der Waals surface area contributed by atoms with Crippen LogP contribution in [-0.4, -0.2) is 79.4 Å². The highest BCUT2D eigenvalue weighted by atomic mass is 19.4. The lowest BCUT2D eigenvalue weighted by atomic mass is 9.91. The van der Waals surface area contributed by atoms with E-state index in [2.05, 4.69) is 32.3 Å². The van der Waals surface area contributed by atoms with Crippen LogP contribution in [0, 0.1) is 6.92 Å². The summed E-state index contributed by atoms with van der Waals surface area (Å²) in [5, 5.41) is 31.2. The second kappa shape index (κ2) is 11.2. The van der Waals surface area contributed by atoms with Crippen molar-refractivity contribution in [2.45, 2.75) is 37.9 Å². The van der Waals surface area contributed by atoms with Crippen LogP contribution in [0.4, 0.5) is 13.2 Å². The van der Waals surface area contributed by atoms with Crippen molar-refractivity contribution in [1.82, 2.24) is 24.7 Å². The fourth-order valence-corrected chi connectivity index (χ4v) is 4.98. The molecule has 0 radical (unpaired) electrons. The molecule has 0 saturated carbocycles. The van der Waals surface area contributed by atoms with E-state index in [1.165, 1.54) is 0 Å². The number of aromatic hydroxyl groups is 1. The Morgan fingerprint density at radius 3 is 2.33 bits per heavy atom. The summed E-state index contributed by atoms with van der Waals surface area (Å²) in [6, 6.07) is 16.5. The first kappa shape index (κ1) is 27.5. The van der Waals surface area contributed by atoms with Crippen LogP contribution < -0.4 is 0 Å². The van der Waals surface area contributed by atoms with E-state index in [1.807, 2.05) is 48.0 Å². The number of alkyl halides is 3. The standard InChI is InChI=1S/C26H27N5O2.C2HF3O2/c1-17-12-22-13-19(6-9-31(22)29-17)18-2-3-23(26(32)14-18)25-5-4-24(27-28-25)20-15-30(16-20)21-7-10-33-11-8-21;3-2(4,5)1(6)7/h2-6,9,12-14,20-21,32H,7-8,10-11,15-16H2,1H3;(H,6,7). The molecule has 6 rings (SSSR count). The van der Waals surface area contributed by atoms with Gasteiger partial charge in [0.1, 0.15) is 5.75 Å². The second-order valence-electron chi connectivity index (χ2n) is 9.94. The molecule has 0 aliphatic carbocycles. The average molecular weight is 556 g/mol. The number of hydrogen-bond acceptors (Lipinski definition) is 7. The number of ether oxygens (including phenoxy) is 1. The number of carbonyl (C=O) groups is 1. The van der Waals surface area contributed by atoms with E-state index < -0.39 is 12.1 Å². The van der Waals surface area contributed by atoms with E-state index in [0.717, 1.165) is 67.2 Å². The van der Waals surface area contributed by atoms with Crippen molar-refractivity contribution >= 4 is 11.5 Å². The Balaban J connectivity index is 0.000000411. The van der Waals surface area contributed by atoms with Crippen LogP contribution >= 0.6 is 0 Å². The minimum absolute atomic E-state index is 0.202. The van der Waals surface area contributed by atoms with Crippen molar-refractivity contribution in [1.29, 1.82) is 0 Å². The van der Waals surface area contributed by atoms with E-state index in [1.54, 1.807) is 6.07 Å². The highest BCUT2D eigenvalue weighted by Gasteiger charge is 2.38. The lowest BCUT2D eigenvalue weighted by Crippen LogP contribution is -2.52. The molecule has 0 unspecified atom stereocenters. The maximum absolute atomic E-state index is 10.7. The summed E-state index contributed by atoms with van der Waals surface area (Å²) in [6.45, 7) is 5.81. The molecule has 2 fully saturated rings. The molecule has 12 heteroatoms. The highest BCUT2D eigenvalue weighted by Crippen LogP contribution is 2.34. The molecule has 2 N–H and O–H groups in total. The molecule has 2 aliphatic heterocycles. The number of aromatic nitrogens is 4. The summed E-state index contributed by atoms with van der Waals surface area (Å²) < 4.78 is 39.1. The van der Waals surface area contributed by atoms with Gasteiger partial charge in [0.25, 0.3) is 0 Å². The number of nitrogens with zero attached hydrogens (tertiary/aromatic N) is 5. The van der Waals surface area contributed by atoms with Crippen molar-refractivity contribution < 1.29 is 32.9 Å². The third-order valence-corrected chi connectivity index (χ3v) is 7.16. The monoisotopic (exact) mass is 555 g/mol. The maximum atomic E-state index is 10.7. The first-order valence-corrected chi connectivity index (χ1v) is 12.8. The normalized spacial score (nSPS) is 16.8. The minimum Gasteiger partial charge on any atom is -0.507 e. The predicted octanol–water partition coefficient (Wildman–Crippen LogP) is 4.68. The van der Waals surface area contributed by atoms with Crippen LogP contribution in [0.3, 0.4) is 0 Å². The zero-order valence-corrected chi connectivity index (χ0v) is 21.7. The first-order chi connectivity index (χ1) is 19.1. The number of likely N-dealkylation sites (tertiary alicyclic amines) is 1. The number of carboxylic acid groups (broad SMARTS) is 1. The van der Waals surface area contributed by atoms with Gasteiger partial charge in [-0.1, -0.05) is 6.07 Å². The Morgan fingerprint density at radius 1 is 1.00 bits per heavy atom. The van der Waals surface area contributed by atoms with E-state index in [9.17, 15) is 18.3 Å². The third-order valence-electron chi connectivity index (χ3n) is 7.16. The molecule has 3 aromatic heterocycles. The Bertz CT molecular complexity index is 1490. The fourth-order valence-electron chi connectivity index (χ4n) is 4.98. The van der Waals surface area contributed by atoms with Gasteiger partial charge in [-0.05, 0) is 73.4 Å². The fraction of sp³-hybridized carbons (Fsp3) is 0.357. The number of rotatable bonds is 4. The number of halogens is 3. The maximum Gasteiger partial charge on any atom is 0.490 e. The van der Waals surface area contributed by atoms with Crippen molar-refractivity contribution in [3.05, 3.63) is 66.1 Å². The van der Waals surface area contributed by atoms with Crippen molar-refractivity contribution in [2.24, 2.45) is 0 Å². The highest BCUT2D eigenvalue weighted by molar-refractivity contribution is 5.76. The van der Waals surface area contributed by atoms with Gasteiger partial charge in [-0.15, -0.1) is 0 Å². The Morgan fingerprint density at radius 2 is 1.70 bits per heavy atom. The van der Waals surface area contributed by atoms with Gasteiger partial charge < -0.3 is 14.9 Å². The predicted molar refractivity (Wildman–Crippen MR) is 140 cm³/mol. The van der Waals surface area contributed by atoms with Gasteiger partial charge in [0, 0.05) is 50.0 Å². The van der Waals surface area contributed by atoms with Gasteiger partial charge in [-0.25, -0.2) is 9.31 Å². The molecular formula is C28H28F3N5O4. The summed E-state index contributed by atoms with van der Waals surface area (Å²) in [4.78, 5) is 11.4. The zero-order valence-electron chi connectivity index (χ0n) is 21.7. The topological polar surface area (TPSA) is 113 Å². The van der Waals surface area contributed by atoms with E-state index in [-0.39, 0.29) is 5.75 Å². The Labute approximate surface area is 227 Å². The summed E-state index contributed by atoms with van der Waals surface area (Å²) in [5.74, 6) is -2.12. The minimum atomic E-state index is -5.08. The van der Waals surface area contributed by atoms with E-state index in [4.69, 9.17) is 14.6 Å². The van der Waals surface area contributed by atoms with Gasteiger partial charge in [0.2, 0.25) is 0 Å². The lowest BCUT2D eigenvalue weighted by Gasteiger charge is -2.45. The zero-order chi connectivity index (χ0) is 28.4. The molecule has 2 saturated heterocycles. The summed E-state index contributed by atoms with van der Waals surface area (Å²) in [5.41, 5.74) is 6.39. The molecule has 9 nitrogen and oxygen atoms in total. The van der Waals surface area contributed by atoms with Gasteiger partial charge in [-0.2, -0.15) is 28.5 Å². The molecule has 0 atom stereocenters. The second-order valence-corrected chi connectivity index (χ2v) is 9.94. The van der Waals surface area contributed by atoms with Crippen LogP contribution in [0.25, 0.3) is 27.9 Å². The molecule has 2 aliphatic rings. The van der Waals surface area contributed by atoms with Crippen LogP contribution in [0.1, 0.15) is 30.1 Å². The summed E-state index contributed by atoms with van der Waals surface area (Å²) in [7, 11) is 0. The third kappa shape index (κ3) is 6.07. The summed E-state index contributed by atoms with van der Waals surface area (Å²) in [6.07, 6.45) is -0.887. The number of hydrogen-bond donors (Lipinski definition) is 2. The van der Waals surface area contributed by atoms with Crippen LogP contribution in [0.2, 0.25) is 0 Å². The average Bonchev–Trinajstić information content (AvgIpc) is 3.28. The summed E-state index contributed by atoms with van der Waals surface area (Å²) >= 11 is 0. The van der Waals surface area contributed by atoms with Crippen molar-refractivity contribution in [3.8, 4) is 28.1 Å². The van der Waals surface area contributed by atoms with Crippen molar-refractivity contribution in [2.75, 3.05) is 26.3 Å². The van der Waals surface area contributed by atoms with Gasteiger partial charge >= 0.3 is 12.1 Å². The molecule has 0 spiro atoms. The smallest absolute Gasteiger partial charge is 0.490 e. The van der Waals surface area contributed by atoms with Crippen LogP contribution in [0.5, 0.6) is 5.75 Å². The first-order valence-electron chi connectivity index (χ1n) is 12.8. The Hall–Kier alpha value is -4.03. The Kier molecular flexibility index (Phi) is 7.72. The molecule has 40 heavy (non-hydrogen) atoms. The van der Waals surface area contributed by atoms with Gasteiger partial charge in [-0.3, -0.25) is 4.90 Å². The van der Waals surface area contributed by atoms with Gasteiger partial charge in [0.15, 0.2) is 0 Å². The van der Waals surface area contributed by atoms with Crippen LogP contribution in [0.15, 0.2) is 54.7 Å². The largest absolute Gasteiger partial charge is 0.507 e. The number of phenolic OH excluding ortho intramolecular Hbond substituents is 1. The van der Waals surface area contributed by atoms with Crippen LogP contribution in [-0.2, 0) is 9.53 Å². The number of pyridine rings is 1. The van der Waals surface area contributed by atoms with Crippen molar-refractivity contribution in [3.63, 3.8) is 0 Å². The molecule has 210 valence electrons. The number of aryl methyl sites for hydroxylation is 1.